The summed E-state index contributed by atoms with van der Waals surface area (Å²) in [4.78, 5) is 11.8. The lowest BCUT2D eigenvalue weighted by atomic mass is 9.89. The van der Waals surface area contributed by atoms with Gasteiger partial charge in [0.15, 0.2) is 6.61 Å². The number of hydrogen-bond acceptors (Lipinski definition) is 3. The van der Waals surface area contributed by atoms with Gasteiger partial charge < -0.3 is 15.2 Å². The Balaban J connectivity index is 1.89. The summed E-state index contributed by atoms with van der Waals surface area (Å²) in [7, 11) is 0. The maximum absolute atomic E-state index is 11.8. The standard InChI is InChI=1S/C17H25NO3/c1-3-5-12(2)18-17(20)11-21-14-9-8-13-6-4-7-16(19)15(13)10-14/h8-10,12,16,19H,3-7,11H2,1-2H3,(H,18,20)/t12?,16-/m1/s1. The van der Waals surface area contributed by atoms with Crippen molar-refractivity contribution in [3.8, 4) is 5.75 Å². The van der Waals surface area contributed by atoms with Gasteiger partial charge in [0, 0.05) is 6.04 Å². The molecular weight excluding hydrogens is 266 g/mol. The first-order valence-electron chi connectivity index (χ1n) is 7.83. The minimum Gasteiger partial charge on any atom is -0.484 e. The molecule has 0 saturated carbocycles. The van der Waals surface area contributed by atoms with Crippen molar-refractivity contribution in [2.75, 3.05) is 6.61 Å². The lowest BCUT2D eigenvalue weighted by Crippen LogP contribution is -2.35. The molecule has 2 N–H and O–H groups in total. The lowest BCUT2D eigenvalue weighted by Gasteiger charge is -2.22. The number of hydrogen-bond donors (Lipinski definition) is 2. The van der Waals surface area contributed by atoms with Crippen LogP contribution in [0.4, 0.5) is 0 Å². The molecule has 0 saturated heterocycles. The molecule has 1 aliphatic rings. The predicted molar refractivity (Wildman–Crippen MR) is 82.3 cm³/mol. The Kier molecular flexibility index (Phi) is 5.62. The van der Waals surface area contributed by atoms with E-state index in [0.717, 1.165) is 37.7 Å². The monoisotopic (exact) mass is 291 g/mol. The van der Waals surface area contributed by atoms with Crippen LogP contribution in [-0.2, 0) is 11.2 Å². The summed E-state index contributed by atoms with van der Waals surface area (Å²) in [5.41, 5.74) is 2.13. The Hall–Kier alpha value is -1.55. The fourth-order valence-electron chi connectivity index (χ4n) is 2.81. The highest BCUT2D eigenvalue weighted by atomic mass is 16.5. The molecule has 1 amide bonds. The first-order chi connectivity index (χ1) is 10.1. The Morgan fingerprint density at radius 3 is 3.10 bits per heavy atom. The predicted octanol–water partition coefficient (Wildman–Crippen LogP) is 2.74. The van der Waals surface area contributed by atoms with Gasteiger partial charge in [-0.1, -0.05) is 19.4 Å². The van der Waals surface area contributed by atoms with Crippen molar-refractivity contribution < 1.29 is 14.6 Å². The van der Waals surface area contributed by atoms with Gasteiger partial charge in [-0.05, 0) is 55.9 Å². The number of rotatable bonds is 6. The van der Waals surface area contributed by atoms with Crippen LogP contribution >= 0.6 is 0 Å². The maximum Gasteiger partial charge on any atom is 0.258 e. The Bertz CT molecular complexity index is 487. The van der Waals surface area contributed by atoms with E-state index in [2.05, 4.69) is 12.2 Å². The molecule has 0 fully saturated rings. The molecule has 0 aliphatic heterocycles. The average Bonchev–Trinajstić information content (AvgIpc) is 2.46. The summed E-state index contributed by atoms with van der Waals surface area (Å²) < 4.78 is 5.54. The fourth-order valence-corrected chi connectivity index (χ4v) is 2.81. The SMILES string of the molecule is CCCC(C)NC(=O)COc1ccc2c(c1)[C@H](O)CCC2. The summed E-state index contributed by atoms with van der Waals surface area (Å²) in [6.07, 6.45) is 4.43. The molecule has 1 unspecified atom stereocenters. The van der Waals surface area contributed by atoms with E-state index in [0.29, 0.717) is 5.75 Å². The van der Waals surface area contributed by atoms with Gasteiger partial charge in [0.05, 0.1) is 6.10 Å². The van der Waals surface area contributed by atoms with E-state index in [4.69, 9.17) is 4.74 Å². The van der Waals surface area contributed by atoms with Gasteiger partial charge in [-0.25, -0.2) is 0 Å². The van der Waals surface area contributed by atoms with Crippen LogP contribution in [0.15, 0.2) is 18.2 Å². The second-order valence-electron chi connectivity index (χ2n) is 5.81. The van der Waals surface area contributed by atoms with Gasteiger partial charge >= 0.3 is 0 Å². The fraction of sp³-hybridized carbons (Fsp3) is 0.588. The second kappa shape index (κ2) is 7.46. The molecular formula is C17H25NO3. The van der Waals surface area contributed by atoms with Crippen molar-refractivity contribution in [3.05, 3.63) is 29.3 Å². The van der Waals surface area contributed by atoms with E-state index in [1.54, 1.807) is 0 Å². The van der Waals surface area contributed by atoms with E-state index < -0.39 is 6.10 Å². The molecule has 0 bridgehead atoms. The van der Waals surface area contributed by atoms with Gasteiger partial charge in [-0.2, -0.15) is 0 Å². The zero-order valence-corrected chi connectivity index (χ0v) is 12.9. The van der Waals surface area contributed by atoms with E-state index in [1.165, 1.54) is 5.56 Å². The van der Waals surface area contributed by atoms with Crippen molar-refractivity contribution in [2.24, 2.45) is 0 Å². The molecule has 1 aliphatic carbocycles. The number of fused-ring (bicyclic) bond motifs is 1. The first-order valence-corrected chi connectivity index (χ1v) is 7.83. The number of ether oxygens (including phenoxy) is 1. The lowest BCUT2D eigenvalue weighted by molar-refractivity contribution is -0.123. The van der Waals surface area contributed by atoms with E-state index in [1.807, 2.05) is 25.1 Å². The number of aryl methyl sites for hydroxylation is 1. The Labute approximate surface area is 126 Å². The van der Waals surface area contributed by atoms with Gasteiger partial charge in [-0.15, -0.1) is 0 Å². The first kappa shape index (κ1) is 15.8. The number of amides is 1. The smallest absolute Gasteiger partial charge is 0.258 e. The highest BCUT2D eigenvalue weighted by Gasteiger charge is 2.18. The number of benzene rings is 1. The summed E-state index contributed by atoms with van der Waals surface area (Å²) >= 11 is 0. The number of carbonyl (C=O) groups excluding carboxylic acids is 1. The van der Waals surface area contributed by atoms with Gasteiger partial charge in [0.25, 0.3) is 5.91 Å². The van der Waals surface area contributed by atoms with Gasteiger partial charge in [0.1, 0.15) is 5.75 Å². The molecule has 116 valence electrons. The Morgan fingerprint density at radius 1 is 1.52 bits per heavy atom. The molecule has 0 spiro atoms. The third-order valence-corrected chi connectivity index (χ3v) is 3.90. The molecule has 0 aromatic heterocycles. The van der Waals surface area contributed by atoms with Crippen molar-refractivity contribution in [2.45, 2.75) is 58.1 Å². The molecule has 1 aromatic carbocycles. The van der Waals surface area contributed by atoms with Crippen LogP contribution in [0.3, 0.4) is 0 Å². The van der Waals surface area contributed by atoms with Gasteiger partial charge in [-0.3, -0.25) is 4.79 Å². The van der Waals surface area contributed by atoms with Crippen LogP contribution in [0, 0.1) is 0 Å². The molecule has 0 heterocycles. The van der Waals surface area contributed by atoms with Crippen LogP contribution < -0.4 is 10.1 Å². The van der Waals surface area contributed by atoms with Crippen LogP contribution in [-0.4, -0.2) is 23.7 Å². The minimum absolute atomic E-state index is 0.0168. The summed E-state index contributed by atoms with van der Waals surface area (Å²) in [6.45, 7) is 4.11. The van der Waals surface area contributed by atoms with E-state index >= 15 is 0 Å². The average molecular weight is 291 g/mol. The topological polar surface area (TPSA) is 58.6 Å². The van der Waals surface area contributed by atoms with Crippen molar-refractivity contribution in [1.29, 1.82) is 0 Å². The normalized spacial score (nSPS) is 18.7. The maximum atomic E-state index is 11.8. The largest absolute Gasteiger partial charge is 0.484 e. The summed E-state index contributed by atoms with van der Waals surface area (Å²) in [6, 6.07) is 5.91. The third kappa shape index (κ3) is 4.46. The molecule has 4 nitrogen and oxygen atoms in total. The van der Waals surface area contributed by atoms with Crippen LogP contribution in [0.2, 0.25) is 0 Å². The molecule has 2 atom stereocenters. The Morgan fingerprint density at radius 2 is 2.33 bits per heavy atom. The summed E-state index contributed by atoms with van der Waals surface area (Å²) in [5.74, 6) is 0.544. The summed E-state index contributed by atoms with van der Waals surface area (Å²) in [5, 5.41) is 12.9. The quantitative estimate of drug-likeness (QED) is 0.847. The zero-order chi connectivity index (χ0) is 15.2. The number of aliphatic hydroxyl groups excluding tert-OH is 1. The molecule has 21 heavy (non-hydrogen) atoms. The number of aliphatic hydroxyl groups is 1. The van der Waals surface area contributed by atoms with Crippen molar-refractivity contribution >= 4 is 5.91 Å². The third-order valence-electron chi connectivity index (χ3n) is 3.90. The number of nitrogens with one attached hydrogen (secondary N) is 1. The van der Waals surface area contributed by atoms with Crippen molar-refractivity contribution in [1.82, 2.24) is 5.32 Å². The highest BCUT2D eigenvalue weighted by Crippen LogP contribution is 2.32. The molecule has 1 aromatic rings. The zero-order valence-electron chi connectivity index (χ0n) is 12.9. The van der Waals surface area contributed by atoms with Crippen LogP contribution in [0.25, 0.3) is 0 Å². The van der Waals surface area contributed by atoms with Gasteiger partial charge in [0.2, 0.25) is 0 Å². The van der Waals surface area contributed by atoms with Crippen molar-refractivity contribution in [3.63, 3.8) is 0 Å². The highest BCUT2D eigenvalue weighted by molar-refractivity contribution is 5.77. The molecule has 4 heteroatoms. The van der Waals surface area contributed by atoms with E-state index in [9.17, 15) is 9.90 Å². The molecule has 2 rings (SSSR count). The van der Waals surface area contributed by atoms with E-state index in [-0.39, 0.29) is 18.6 Å². The minimum atomic E-state index is -0.407. The van der Waals surface area contributed by atoms with Crippen LogP contribution in [0.1, 0.15) is 56.8 Å². The number of carbonyl (C=O) groups is 1. The molecule has 0 radical (unpaired) electrons. The van der Waals surface area contributed by atoms with Crippen LogP contribution in [0.5, 0.6) is 5.75 Å². The second-order valence-corrected chi connectivity index (χ2v) is 5.81.